The average Bonchev–Trinajstić information content (AvgIpc) is 3.08. The third-order valence-electron chi connectivity index (χ3n) is 3.31. The second-order valence-electron chi connectivity index (χ2n) is 4.97. The predicted octanol–water partition coefficient (Wildman–Crippen LogP) is 1.07. The van der Waals surface area contributed by atoms with Crippen LogP contribution >= 0.6 is 0 Å². The van der Waals surface area contributed by atoms with Crippen molar-refractivity contribution in [3.8, 4) is 5.88 Å². The lowest BCUT2D eigenvalue weighted by Crippen LogP contribution is -2.22. The molecule has 0 bridgehead atoms. The minimum Gasteiger partial charge on any atom is -0.476 e. The van der Waals surface area contributed by atoms with Crippen LogP contribution in [0.15, 0.2) is 23.1 Å². The van der Waals surface area contributed by atoms with E-state index < -0.39 is 0 Å². The summed E-state index contributed by atoms with van der Waals surface area (Å²) in [6.45, 7) is 5.22. The molecular weight excluding hydrogens is 258 g/mol. The molecule has 3 rings (SSSR count). The molecule has 1 aliphatic rings. The van der Waals surface area contributed by atoms with Gasteiger partial charge in [-0.05, 0) is 13.0 Å². The summed E-state index contributed by atoms with van der Waals surface area (Å²) >= 11 is 0. The highest BCUT2D eigenvalue weighted by atomic mass is 16.5. The molecule has 0 aliphatic carbocycles. The van der Waals surface area contributed by atoms with Gasteiger partial charge >= 0.3 is 0 Å². The highest BCUT2D eigenvalue weighted by molar-refractivity contribution is 5.01. The Labute approximate surface area is 117 Å². The Balaban J connectivity index is 1.45. The quantitative estimate of drug-likeness (QED) is 0.807. The van der Waals surface area contributed by atoms with Crippen molar-refractivity contribution < 1.29 is 9.26 Å². The maximum atomic E-state index is 5.64. The highest BCUT2D eigenvalue weighted by Gasteiger charge is 2.24. The molecular formula is C13H17N5O2. The monoisotopic (exact) mass is 275 g/mol. The van der Waals surface area contributed by atoms with Gasteiger partial charge in [-0.2, -0.15) is 4.98 Å². The van der Waals surface area contributed by atoms with Crippen molar-refractivity contribution in [2.45, 2.75) is 19.9 Å². The van der Waals surface area contributed by atoms with Gasteiger partial charge < -0.3 is 9.26 Å². The SMILES string of the molecule is Cc1nc(CN2CCC(COc3cnccn3)C2)no1. The molecule has 7 nitrogen and oxygen atoms in total. The zero-order valence-corrected chi connectivity index (χ0v) is 11.4. The van der Waals surface area contributed by atoms with Gasteiger partial charge in [-0.3, -0.25) is 9.88 Å². The maximum Gasteiger partial charge on any atom is 0.232 e. The van der Waals surface area contributed by atoms with Gasteiger partial charge in [0.1, 0.15) is 0 Å². The van der Waals surface area contributed by atoms with Crippen molar-refractivity contribution in [2.75, 3.05) is 19.7 Å². The van der Waals surface area contributed by atoms with E-state index in [1.165, 1.54) is 0 Å². The Kier molecular flexibility index (Phi) is 3.87. The van der Waals surface area contributed by atoms with Crippen molar-refractivity contribution >= 4 is 0 Å². The zero-order valence-electron chi connectivity index (χ0n) is 11.4. The predicted molar refractivity (Wildman–Crippen MR) is 69.9 cm³/mol. The lowest BCUT2D eigenvalue weighted by molar-refractivity contribution is 0.229. The van der Waals surface area contributed by atoms with Crippen molar-refractivity contribution in [3.63, 3.8) is 0 Å². The van der Waals surface area contributed by atoms with Crippen LogP contribution in [0.4, 0.5) is 0 Å². The molecule has 0 aromatic carbocycles. The normalized spacial score (nSPS) is 19.4. The number of hydrogen-bond acceptors (Lipinski definition) is 7. The first-order valence-electron chi connectivity index (χ1n) is 6.70. The molecule has 1 atom stereocenters. The van der Waals surface area contributed by atoms with Crippen molar-refractivity contribution in [3.05, 3.63) is 30.3 Å². The van der Waals surface area contributed by atoms with Crippen LogP contribution in [0.25, 0.3) is 0 Å². The third-order valence-corrected chi connectivity index (χ3v) is 3.31. The number of aromatic nitrogens is 4. The number of aryl methyl sites for hydroxylation is 1. The maximum absolute atomic E-state index is 5.64. The van der Waals surface area contributed by atoms with Gasteiger partial charge in [0, 0.05) is 31.8 Å². The molecule has 1 fully saturated rings. The van der Waals surface area contributed by atoms with Crippen molar-refractivity contribution in [2.24, 2.45) is 5.92 Å². The zero-order chi connectivity index (χ0) is 13.8. The standard InChI is InChI=1S/C13H17N5O2/c1-10-16-12(17-20-10)8-18-5-2-11(7-18)9-19-13-6-14-3-4-15-13/h3-4,6,11H,2,5,7-9H2,1H3. The van der Waals surface area contributed by atoms with E-state index in [0.717, 1.165) is 31.9 Å². The van der Waals surface area contributed by atoms with Crippen LogP contribution < -0.4 is 4.74 Å². The molecule has 1 unspecified atom stereocenters. The second-order valence-corrected chi connectivity index (χ2v) is 4.97. The summed E-state index contributed by atoms with van der Waals surface area (Å²) in [4.78, 5) is 14.6. The minimum absolute atomic E-state index is 0.505. The summed E-state index contributed by atoms with van der Waals surface area (Å²) in [5, 5.41) is 3.92. The molecule has 0 radical (unpaired) electrons. The molecule has 0 saturated carbocycles. The molecule has 2 aromatic heterocycles. The molecule has 0 spiro atoms. The molecule has 0 amide bonds. The van der Waals surface area contributed by atoms with Gasteiger partial charge in [0.25, 0.3) is 0 Å². The second kappa shape index (κ2) is 5.96. The Morgan fingerprint density at radius 3 is 3.15 bits per heavy atom. The number of likely N-dealkylation sites (tertiary alicyclic amines) is 1. The molecule has 3 heterocycles. The molecule has 1 aliphatic heterocycles. The number of ether oxygens (including phenoxy) is 1. The molecule has 20 heavy (non-hydrogen) atoms. The number of hydrogen-bond donors (Lipinski definition) is 0. The third kappa shape index (κ3) is 3.30. The fourth-order valence-electron chi connectivity index (χ4n) is 2.36. The first-order valence-corrected chi connectivity index (χ1v) is 6.70. The minimum atomic E-state index is 0.505. The molecule has 7 heteroatoms. The van der Waals surface area contributed by atoms with Crippen LogP contribution in [-0.2, 0) is 6.54 Å². The van der Waals surface area contributed by atoms with Crippen LogP contribution in [0, 0.1) is 12.8 Å². The fourth-order valence-corrected chi connectivity index (χ4v) is 2.36. The first-order chi connectivity index (χ1) is 9.79. The summed E-state index contributed by atoms with van der Waals surface area (Å²) in [6.07, 6.45) is 6.01. The average molecular weight is 275 g/mol. The van der Waals surface area contributed by atoms with E-state index in [-0.39, 0.29) is 0 Å². The summed E-state index contributed by atoms with van der Waals surface area (Å²) in [7, 11) is 0. The van der Waals surface area contributed by atoms with Gasteiger partial charge in [0.2, 0.25) is 11.8 Å². The number of nitrogens with zero attached hydrogens (tertiary/aromatic N) is 5. The first kappa shape index (κ1) is 13.0. The molecule has 106 valence electrons. The van der Waals surface area contributed by atoms with Crippen molar-refractivity contribution in [1.82, 2.24) is 25.0 Å². The molecule has 0 N–H and O–H groups in total. The van der Waals surface area contributed by atoms with E-state index in [9.17, 15) is 0 Å². The number of rotatable bonds is 5. The van der Waals surface area contributed by atoms with E-state index >= 15 is 0 Å². The van der Waals surface area contributed by atoms with Gasteiger partial charge in [0.15, 0.2) is 5.82 Å². The highest BCUT2D eigenvalue weighted by Crippen LogP contribution is 2.18. The fraction of sp³-hybridized carbons (Fsp3) is 0.538. The van der Waals surface area contributed by atoms with E-state index in [1.807, 2.05) is 0 Å². The Hall–Kier alpha value is -2.02. The van der Waals surface area contributed by atoms with Crippen LogP contribution in [0.3, 0.4) is 0 Å². The van der Waals surface area contributed by atoms with Gasteiger partial charge in [-0.25, -0.2) is 4.98 Å². The largest absolute Gasteiger partial charge is 0.476 e. The topological polar surface area (TPSA) is 77.2 Å². The van der Waals surface area contributed by atoms with E-state index in [0.29, 0.717) is 24.3 Å². The van der Waals surface area contributed by atoms with Crippen molar-refractivity contribution in [1.29, 1.82) is 0 Å². The van der Waals surface area contributed by atoms with Crippen LogP contribution in [-0.4, -0.2) is 44.7 Å². The molecule has 2 aromatic rings. The lowest BCUT2D eigenvalue weighted by Gasteiger charge is -2.13. The summed E-state index contributed by atoms with van der Waals surface area (Å²) < 4.78 is 10.6. The Morgan fingerprint density at radius 2 is 2.40 bits per heavy atom. The van der Waals surface area contributed by atoms with E-state index in [1.54, 1.807) is 25.5 Å². The van der Waals surface area contributed by atoms with Gasteiger partial charge in [-0.15, -0.1) is 0 Å². The van der Waals surface area contributed by atoms with Gasteiger partial charge in [-0.1, -0.05) is 5.16 Å². The van der Waals surface area contributed by atoms with Crippen LogP contribution in [0.1, 0.15) is 18.1 Å². The summed E-state index contributed by atoms with van der Waals surface area (Å²) in [6, 6.07) is 0. The van der Waals surface area contributed by atoms with E-state index in [4.69, 9.17) is 9.26 Å². The summed E-state index contributed by atoms with van der Waals surface area (Å²) in [5.74, 6) is 2.45. The van der Waals surface area contributed by atoms with Gasteiger partial charge in [0.05, 0.1) is 19.3 Å². The molecule has 1 saturated heterocycles. The van der Waals surface area contributed by atoms with Crippen LogP contribution in [0.2, 0.25) is 0 Å². The van der Waals surface area contributed by atoms with E-state index in [2.05, 4.69) is 25.0 Å². The smallest absolute Gasteiger partial charge is 0.232 e. The Bertz CT molecular complexity index is 545. The van der Waals surface area contributed by atoms with Crippen LogP contribution in [0.5, 0.6) is 5.88 Å². The lowest BCUT2D eigenvalue weighted by atomic mass is 10.1. The Morgan fingerprint density at radius 1 is 1.45 bits per heavy atom. The summed E-state index contributed by atoms with van der Waals surface area (Å²) in [5.41, 5.74) is 0.